The number of aliphatic hydroxyl groups is 1. The van der Waals surface area contributed by atoms with Crippen molar-refractivity contribution in [3.8, 4) is 0 Å². The molecule has 4 rings (SSSR count). The van der Waals surface area contributed by atoms with Crippen molar-refractivity contribution in [2.45, 2.75) is 12.5 Å². The van der Waals surface area contributed by atoms with Gasteiger partial charge < -0.3 is 20.2 Å². The Morgan fingerprint density at radius 2 is 1.96 bits per heavy atom. The van der Waals surface area contributed by atoms with Gasteiger partial charge in [-0.25, -0.2) is 4.79 Å². The van der Waals surface area contributed by atoms with Crippen LogP contribution in [0.4, 0.5) is 10.5 Å². The Morgan fingerprint density at radius 3 is 2.79 bits per heavy atom. The molecule has 0 spiro atoms. The van der Waals surface area contributed by atoms with Crippen molar-refractivity contribution in [1.82, 2.24) is 5.32 Å². The molecule has 0 fully saturated rings. The first-order valence-corrected chi connectivity index (χ1v) is 8.01. The van der Waals surface area contributed by atoms with Crippen molar-refractivity contribution in [2.75, 3.05) is 11.9 Å². The van der Waals surface area contributed by atoms with E-state index >= 15 is 0 Å². The van der Waals surface area contributed by atoms with E-state index in [-0.39, 0.29) is 24.6 Å². The van der Waals surface area contributed by atoms with Crippen LogP contribution in [0.1, 0.15) is 6.42 Å². The molecule has 2 aromatic carbocycles. The summed E-state index contributed by atoms with van der Waals surface area (Å²) < 4.78 is 5.83. The average molecular weight is 322 g/mol. The minimum atomic E-state index is -0.265. The van der Waals surface area contributed by atoms with E-state index in [1.165, 1.54) is 0 Å². The Hall–Kier alpha value is -2.79. The van der Waals surface area contributed by atoms with Gasteiger partial charge in [0.1, 0.15) is 11.2 Å². The standard InChI is InChI=1S/C19H18N2O3/c22-11-12-5-6-13(9-12)20-19(23)21-14-7-8-16-15-3-1-2-4-17(15)24-18(16)10-14/h1-8,10,12-13,22H,9,11H2,(H2,20,21,23)/t12-,13+/m0/s1. The van der Waals surface area contributed by atoms with E-state index in [1.54, 1.807) is 0 Å². The molecule has 2 atom stereocenters. The molecular formula is C19H18N2O3. The Balaban J connectivity index is 1.49. The van der Waals surface area contributed by atoms with Crippen LogP contribution in [0.15, 0.2) is 59.0 Å². The maximum absolute atomic E-state index is 12.1. The van der Waals surface area contributed by atoms with Crippen molar-refractivity contribution >= 4 is 33.7 Å². The van der Waals surface area contributed by atoms with Gasteiger partial charge in [-0.3, -0.25) is 0 Å². The molecule has 0 bridgehead atoms. The summed E-state index contributed by atoms with van der Waals surface area (Å²) in [6.45, 7) is 0.110. The highest BCUT2D eigenvalue weighted by Crippen LogP contribution is 2.30. The van der Waals surface area contributed by atoms with Crippen LogP contribution >= 0.6 is 0 Å². The number of carbonyl (C=O) groups is 1. The van der Waals surface area contributed by atoms with Crippen molar-refractivity contribution in [3.05, 3.63) is 54.6 Å². The van der Waals surface area contributed by atoms with Crippen molar-refractivity contribution in [1.29, 1.82) is 0 Å². The summed E-state index contributed by atoms with van der Waals surface area (Å²) >= 11 is 0. The first-order valence-electron chi connectivity index (χ1n) is 8.01. The minimum absolute atomic E-state index is 0.0444. The number of benzene rings is 2. The predicted octanol–water partition coefficient (Wildman–Crippen LogP) is 3.64. The van der Waals surface area contributed by atoms with Crippen LogP contribution in [-0.2, 0) is 0 Å². The summed E-state index contributed by atoms with van der Waals surface area (Å²) in [4.78, 5) is 12.1. The van der Waals surface area contributed by atoms with Crippen LogP contribution in [0, 0.1) is 5.92 Å². The quantitative estimate of drug-likeness (QED) is 0.644. The third-order valence-corrected chi connectivity index (χ3v) is 4.36. The van der Waals surface area contributed by atoms with Gasteiger partial charge in [-0.05, 0) is 24.6 Å². The second-order valence-electron chi connectivity index (χ2n) is 6.08. The maximum atomic E-state index is 12.1. The third kappa shape index (κ3) is 2.74. The molecule has 0 radical (unpaired) electrons. The summed E-state index contributed by atoms with van der Waals surface area (Å²) in [5.74, 6) is 0.127. The lowest BCUT2D eigenvalue weighted by molar-refractivity contribution is 0.238. The van der Waals surface area contributed by atoms with Crippen LogP contribution in [-0.4, -0.2) is 23.8 Å². The maximum Gasteiger partial charge on any atom is 0.319 e. The highest BCUT2D eigenvalue weighted by atomic mass is 16.3. The topological polar surface area (TPSA) is 74.5 Å². The average Bonchev–Trinajstić information content (AvgIpc) is 3.18. The lowest BCUT2D eigenvalue weighted by Gasteiger charge is -2.13. The van der Waals surface area contributed by atoms with E-state index in [9.17, 15) is 4.79 Å². The van der Waals surface area contributed by atoms with Crippen molar-refractivity contribution in [2.24, 2.45) is 5.92 Å². The number of aliphatic hydroxyl groups excluding tert-OH is 1. The van der Waals surface area contributed by atoms with Crippen LogP contribution in [0.2, 0.25) is 0 Å². The molecule has 3 N–H and O–H groups in total. The van der Waals surface area contributed by atoms with Crippen LogP contribution < -0.4 is 10.6 Å². The van der Waals surface area contributed by atoms with E-state index in [1.807, 2.05) is 54.6 Å². The largest absolute Gasteiger partial charge is 0.456 e. The Labute approximate surface area is 139 Å². The van der Waals surface area contributed by atoms with Gasteiger partial charge in [0.05, 0.1) is 0 Å². The minimum Gasteiger partial charge on any atom is -0.456 e. The number of rotatable bonds is 3. The van der Waals surface area contributed by atoms with Crippen LogP contribution in [0.5, 0.6) is 0 Å². The highest BCUT2D eigenvalue weighted by molar-refractivity contribution is 6.06. The van der Waals surface area contributed by atoms with Crippen molar-refractivity contribution in [3.63, 3.8) is 0 Å². The smallest absolute Gasteiger partial charge is 0.319 e. The van der Waals surface area contributed by atoms with E-state index < -0.39 is 0 Å². The molecular weight excluding hydrogens is 304 g/mol. The molecule has 0 unspecified atom stereocenters. The Morgan fingerprint density at radius 1 is 1.12 bits per heavy atom. The Bertz CT molecular complexity index is 929. The zero-order valence-corrected chi connectivity index (χ0v) is 13.0. The van der Waals surface area contributed by atoms with Crippen LogP contribution in [0.25, 0.3) is 21.9 Å². The summed E-state index contributed by atoms with van der Waals surface area (Å²) in [5.41, 5.74) is 2.26. The summed E-state index contributed by atoms with van der Waals surface area (Å²) in [6, 6.07) is 13.2. The number of para-hydroxylation sites is 1. The normalized spacial score (nSPS) is 19.9. The van der Waals surface area contributed by atoms with E-state index in [0.29, 0.717) is 5.69 Å². The lowest BCUT2D eigenvalue weighted by Crippen LogP contribution is -2.36. The number of fused-ring (bicyclic) bond motifs is 3. The first kappa shape index (κ1) is 14.8. The lowest BCUT2D eigenvalue weighted by atomic mass is 10.1. The van der Waals surface area contributed by atoms with Crippen LogP contribution in [0.3, 0.4) is 0 Å². The molecule has 122 valence electrons. The number of furan rings is 1. The van der Waals surface area contributed by atoms with E-state index in [0.717, 1.165) is 28.4 Å². The second-order valence-corrected chi connectivity index (χ2v) is 6.08. The SMILES string of the molecule is O=C(Nc1ccc2c(c1)oc1ccccc12)N[C@@H]1C=C[C@H](CO)C1. The zero-order chi connectivity index (χ0) is 16.5. The number of amides is 2. The van der Waals surface area contributed by atoms with Gasteiger partial charge in [0.2, 0.25) is 0 Å². The molecule has 2 amide bonds. The monoisotopic (exact) mass is 322 g/mol. The predicted molar refractivity (Wildman–Crippen MR) is 94.0 cm³/mol. The zero-order valence-electron chi connectivity index (χ0n) is 13.0. The third-order valence-electron chi connectivity index (χ3n) is 4.36. The van der Waals surface area contributed by atoms with Gasteiger partial charge in [0, 0.05) is 41.1 Å². The molecule has 24 heavy (non-hydrogen) atoms. The van der Waals surface area contributed by atoms with Gasteiger partial charge in [-0.2, -0.15) is 0 Å². The number of anilines is 1. The number of nitrogens with one attached hydrogen (secondary N) is 2. The van der Waals surface area contributed by atoms with E-state index in [4.69, 9.17) is 9.52 Å². The molecule has 1 aliphatic rings. The van der Waals surface area contributed by atoms with Gasteiger partial charge in [-0.1, -0.05) is 30.4 Å². The Kier molecular flexibility index (Phi) is 3.70. The highest BCUT2D eigenvalue weighted by Gasteiger charge is 2.19. The fraction of sp³-hybridized carbons (Fsp3) is 0.211. The molecule has 1 heterocycles. The fourth-order valence-corrected chi connectivity index (χ4v) is 3.16. The number of hydrogen-bond acceptors (Lipinski definition) is 3. The summed E-state index contributed by atoms with van der Waals surface area (Å²) in [6.07, 6.45) is 4.58. The molecule has 5 nitrogen and oxygen atoms in total. The molecule has 3 aromatic rings. The van der Waals surface area contributed by atoms with Crippen molar-refractivity contribution < 1.29 is 14.3 Å². The molecule has 5 heteroatoms. The molecule has 0 saturated heterocycles. The van der Waals surface area contributed by atoms with Gasteiger partial charge in [0.25, 0.3) is 0 Å². The second kappa shape index (κ2) is 6.02. The fourth-order valence-electron chi connectivity index (χ4n) is 3.16. The van der Waals surface area contributed by atoms with Gasteiger partial charge in [-0.15, -0.1) is 0 Å². The van der Waals surface area contributed by atoms with Gasteiger partial charge in [0.15, 0.2) is 0 Å². The summed E-state index contributed by atoms with van der Waals surface area (Å²) in [7, 11) is 0. The number of urea groups is 1. The molecule has 1 aromatic heterocycles. The number of carbonyl (C=O) groups excluding carboxylic acids is 1. The van der Waals surface area contributed by atoms with E-state index in [2.05, 4.69) is 10.6 Å². The number of hydrogen-bond donors (Lipinski definition) is 3. The molecule has 0 saturated carbocycles. The molecule has 0 aliphatic heterocycles. The first-order chi connectivity index (χ1) is 11.7. The molecule has 1 aliphatic carbocycles. The summed E-state index contributed by atoms with van der Waals surface area (Å²) in [5, 5.41) is 16.9. The van der Waals surface area contributed by atoms with Gasteiger partial charge >= 0.3 is 6.03 Å².